The van der Waals surface area contributed by atoms with E-state index < -0.39 is 5.97 Å². The van der Waals surface area contributed by atoms with Crippen LogP contribution in [0.2, 0.25) is 0 Å². The van der Waals surface area contributed by atoms with Crippen LogP contribution in [-0.4, -0.2) is 43.2 Å². The molecule has 1 amide bonds. The molecule has 3 aliphatic carbocycles. The number of hydrogen-bond acceptors (Lipinski definition) is 6. The Kier molecular flexibility index (Phi) is 15.5. The fraction of sp³-hybridized carbons (Fsp3) is 0.714. The first-order valence-corrected chi connectivity index (χ1v) is 16.8. The van der Waals surface area contributed by atoms with Gasteiger partial charge in [0.2, 0.25) is 0 Å². The van der Waals surface area contributed by atoms with Crippen LogP contribution in [0.15, 0.2) is 19.7 Å². The summed E-state index contributed by atoms with van der Waals surface area (Å²) in [4.78, 5) is 24.7. The molecule has 4 aliphatic rings. The van der Waals surface area contributed by atoms with E-state index in [1.807, 2.05) is 6.07 Å². The summed E-state index contributed by atoms with van der Waals surface area (Å²) < 4.78 is 9.51. The highest BCUT2D eigenvalue weighted by Gasteiger charge is 2.36. The second-order valence-electron chi connectivity index (χ2n) is 10.7. The number of rotatable bonds is 2. The van der Waals surface area contributed by atoms with Crippen LogP contribution in [0.1, 0.15) is 118 Å². The SMILES string of the molecule is C.C1CCC2CCCCC2C1.Cl.O=C(O)c1cc(Br)sn1.O=C(c1cc(Br)sn1)N1CCC[C@@H]2CCCC[C@@H]21. The molecule has 6 nitrogen and oxygen atoms in total. The number of carbonyl (C=O) groups excluding carboxylic acids is 1. The predicted octanol–water partition coefficient (Wildman–Crippen LogP) is 9.73. The van der Waals surface area contributed by atoms with Gasteiger partial charge in [0.05, 0.1) is 7.57 Å². The minimum Gasteiger partial charge on any atom is -0.476 e. The zero-order valence-electron chi connectivity index (χ0n) is 21.7. The van der Waals surface area contributed by atoms with Crippen molar-refractivity contribution in [1.29, 1.82) is 0 Å². The van der Waals surface area contributed by atoms with Crippen molar-refractivity contribution >= 4 is 79.2 Å². The fourth-order valence-electron chi connectivity index (χ4n) is 6.59. The summed E-state index contributed by atoms with van der Waals surface area (Å²) >= 11 is 8.94. The fourth-order valence-corrected chi connectivity index (χ4v) is 8.42. The van der Waals surface area contributed by atoms with Gasteiger partial charge in [0.15, 0.2) is 5.69 Å². The van der Waals surface area contributed by atoms with Gasteiger partial charge >= 0.3 is 5.97 Å². The van der Waals surface area contributed by atoms with Crippen molar-refractivity contribution in [3.8, 4) is 0 Å². The number of fused-ring (bicyclic) bond motifs is 2. The van der Waals surface area contributed by atoms with Gasteiger partial charge in [-0.3, -0.25) is 4.79 Å². The lowest BCUT2D eigenvalue weighted by atomic mass is 9.71. The number of likely N-dealkylation sites (tertiary alicyclic amines) is 1. The summed E-state index contributed by atoms with van der Waals surface area (Å²) in [5.41, 5.74) is 0.699. The number of carbonyl (C=O) groups is 2. The highest BCUT2D eigenvalue weighted by Crippen LogP contribution is 2.40. The van der Waals surface area contributed by atoms with Gasteiger partial charge in [-0.25, -0.2) is 4.79 Å². The molecule has 4 fully saturated rings. The Morgan fingerprint density at radius 2 is 1.18 bits per heavy atom. The van der Waals surface area contributed by atoms with Gasteiger partial charge in [0.1, 0.15) is 5.69 Å². The number of carboxylic acid groups (broad SMARTS) is 1. The topological polar surface area (TPSA) is 83.4 Å². The largest absolute Gasteiger partial charge is 0.476 e. The second kappa shape index (κ2) is 17.4. The summed E-state index contributed by atoms with van der Waals surface area (Å²) in [6, 6.07) is 3.78. The molecule has 3 saturated carbocycles. The summed E-state index contributed by atoms with van der Waals surface area (Å²) in [5.74, 6) is 2.19. The lowest BCUT2D eigenvalue weighted by Gasteiger charge is -2.43. The van der Waals surface area contributed by atoms with Crippen molar-refractivity contribution < 1.29 is 14.7 Å². The maximum absolute atomic E-state index is 12.5. The number of aromatic carboxylic acids is 1. The van der Waals surface area contributed by atoms with Crippen molar-refractivity contribution in [1.82, 2.24) is 13.6 Å². The highest BCUT2D eigenvalue weighted by molar-refractivity contribution is 9.11. The van der Waals surface area contributed by atoms with Crippen LogP contribution in [0, 0.1) is 17.8 Å². The van der Waals surface area contributed by atoms with Gasteiger partial charge in [-0.2, -0.15) is 8.75 Å². The Labute approximate surface area is 264 Å². The molecule has 0 spiro atoms. The van der Waals surface area contributed by atoms with Crippen molar-refractivity contribution in [3.05, 3.63) is 31.1 Å². The Balaban J connectivity index is 0.000000218. The minimum absolute atomic E-state index is 0. The van der Waals surface area contributed by atoms with Gasteiger partial charge in [0, 0.05) is 12.6 Å². The van der Waals surface area contributed by atoms with Crippen LogP contribution in [-0.2, 0) is 0 Å². The Morgan fingerprint density at radius 3 is 1.62 bits per heavy atom. The van der Waals surface area contributed by atoms with E-state index in [4.69, 9.17) is 5.11 Å². The summed E-state index contributed by atoms with van der Waals surface area (Å²) in [6.07, 6.45) is 19.9. The van der Waals surface area contributed by atoms with Crippen LogP contribution in [0.4, 0.5) is 0 Å². The normalized spacial score (nSPS) is 25.5. The highest BCUT2D eigenvalue weighted by atomic mass is 79.9. The first-order valence-electron chi connectivity index (χ1n) is 13.7. The third-order valence-electron chi connectivity index (χ3n) is 8.37. The van der Waals surface area contributed by atoms with E-state index in [-0.39, 0.29) is 31.4 Å². The number of piperidine rings is 1. The second-order valence-corrected chi connectivity index (χ2v) is 15.0. The van der Waals surface area contributed by atoms with Crippen molar-refractivity contribution in [2.24, 2.45) is 17.8 Å². The lowest BCUT2D eigenvalue weighted by molar-refractivity contribution is 0.0386. The average Bonchev–Trinajstić information content (AvgIpc) is 3.57. The number of aromatic nitrogens is 2. The van der Waals surface area contributed by atoms with Crippen LogP contribution in [0.3, 0.4) is 0 Å². The summed E-state index contributed by atoms with van der Waals surface area (Å²) in [5, 5.41) is 8.32. The molecule has 11 heteroatoms. The maximum Gasteiger partial charge on any atom is 0.355 e. The van der Waals surface area contributed by atoms with Crippen LogP contribution in [0.25, 0.3) is 0 Å². The zero-order valence-corrected chi connectivity index (χ0v) is 27.3. The predicted molar refractivity (Wildman–Crippen MR) is 170 cm³/mol. The third kappa shape index (κ3) is 10.0. The number of halogens is 3. The number of carboxylic acids is 1. The molecule has 0 bridgehead atoms. The molecule has 3 heterocycles. The molecule has 6 rings (SSSR count). The first kappa shape index (κ1) is 34.7. The van der Waals surface area contributed by atoms with Gasteiger partial charge in [0.25, 0.3) is 5.91 Å². The van der Waals surface area contributed by atoms with Gasteiger partial charge < -0.3 is 10.0 Å². The lowest BCUT2D eigenvalue weighted by Crippen LogP contribution is -2.49. The van der Waals surface area contributed by atoms with Gasteiger partial charge in [-0.15, -0.1) is 12.4 Å². The number of nitrogens with zero attached hydrogens (tertiary/aromatic N) is 3. The van der Waals surface area contributed by atoms with Gasteiger partial charge in [-0.1, -0.05) is 71.6 Å². The first-order chi connectivity index (χ1) is 17.9. The van der Waals surface area contributed by atoms with E-state index in [0.29, 0.717) is 11.7 Å². The molecular formula is C28H42Br2ClN3O3S2. The van der Waals surface area contributed by atoms with Crippen molar-refractivity contribution in [3.63, 3.8) is 0 Å². The average molecular weight is 728 g/mol. The molecule has 1 saturated heterocycles. The minimum atomic E-state index is -0.989. The molecule has 1 aliphatic heterocycles. The molecule has 2 aromatic rings. The molecule has 0 unspecified atom stereocenters. The third-order valence-corrected chi connectivity index (χ3v) is 10.9. The zero-order chi connectivity index (χ0) is 26.2. The summed E-state index contributed by atoms with van der Waals surface area (Å²) in [6.45, 7) is 0.912. The van der Waals surface area contributed by atoms with Crippen LogP contribution < -0.4 is 0 Å². The molecule has 2 aromatic heterocycles. The monoisotopic (exact) mass is 725 g/mol. The van der Waals surface area contributed by atoms with E-state index >= 15 is 0 Å². The van der Waals surface area contributed by atoms with E-state index in [1.165, 1.54) is 75.4 Å². The maximum atomic E-state index is 12.5. The molecule has 1 N–H and O–H groups in total. The standard InChI is InChI=1S/C13H17BrN2OS.C10H18.C4H2BrNO2S.CH4.ClH/c14-12-8-10(15-18-12)13(17)16-7-3-5-9-4-1-2-6-11(9)16;1-2-6-10-8-4-3-7-9(10)5-1;5-3-1-2(4(7)8)6-9-3;;/h8-9,11H,1-7H2;9-10H,1-8H2;1H,(H,7,8);1H4;1H/t9-,11-;;;;/m0..../s1. The van der Waals surface area contributed by atoms with Crippen molar-refractivity contribution in [2.75, 3.05) is 6.54 Å². The molecule has 220 valence electrons. The van der Waals surface area contributed by atoms with E-state index in [0.717, 1.165) is 49.8 Å². The Hall–Kier alpha value is -0.550. The number of hydrogen-bond donors (Lipinski definition) is 1. The summed E-state index contributed by atoms with van der Waals surface area (Å²) in [7, 11) is 0. The van der Waals surface area contributed by atoms with Gasteiger partial charge in [-0.05, 0) is 110 Å². The molecular weight excluding hydrogens is 686 g/mol. The van der Waals surface area contributed by atoms with Crippen molar-refractivity contribution in [2.45, 2.75) is 103 Å². The van der Waals surface area contributed by atoms with E-state index in [1.54, 1.807) is 25.7 Å². The molecule has 39 heavy (non-hydrogen) atoms. The van der Waals surface area contributed by atoms with E-state index in [9.17, 15) is 9.59 Å². The van der Waals surface area contributed by atoms with Crippen LogP contribution >= 0.6 is 67.3 Å². The quantitative estimate of drug-likeness (QED) is 0.333. The molecule has 0 radical (unpaired) electrons. The molecule has 0 aromatic carbocycles. The molecule has 2 atom stereocenters. The Morgan fingerprint density at radius 1 is 0.744 bits per heavy atom. The van der Waals surface area contributed by atoms with E-state index in [2.05, 4.69) is 45.5 Å². The number of amides is 1. The smallest absolute Gasteiger partial charge is 0.355 e. The Bertz CT molecular complexity index is 1010. The van der Waals surface area contributed by atoms with Crippen LogP contribution in [0.5, 0.6) is 0 Å².